The van der Waals surface area contributed by atoms with Crippen LogP contribution in [0.25, 0.3) is 0 Å². The Hall–Kier alpha value is -0.900. The zero-order valence-electron chi connectivity index (χ0n) is 16.0. The van der Waals surface area contributed by atoms with Crippen LogP contribution in [0.2, 0.25) is 0 Å². The smallest absolute Gasteiger partial charge is 0.228 e. The Morgan fingerprint density at radius 1 is 1.24 bits per heavy atom. The van der Waals surface area contributed by atoms with Crippen LogP contribution in [0.5, 0.6) is 0 Å². The van der Waals surface area contributed by atoms with E-state index in [2.05, 4.69) is 46.4 Å². The van der Waals surface area contributed by atoms with Crippen LogP contribution in [0.4, 0.5) is 0 Å². The van der Waals surface area contributed by atoms with Gasteiger partial charge in [-0.05, 0) is 53.6 Å². The van der Waals surface area contributed by atoms with Crippen LogP contribution in [-0.4, -0.2) is 59.3 Å². The predicted octanol–water partition coefficient (Wildman–Crippen LogP) is 2.36. The number of hydrogen-bond donors (Lipinski definition) is 2. The molecule has 7 nitrogen and oxygen atoms in total. The van der Waals surface area contributed by atoms with Gasteiger partial charge in [-0.25, -0.2) is 0 Å². The molecule has 1 aromatic rings. The molecular formula is C17H33IN6O. The lowest BCUT2D eigenvalue weighted by molar-refractivity contribution is 0.102. The van der Waals surface area contributed by atoms with Crippen LogP contribution in [0.1, 0.15) is 51.7 Å². The minimum Gasteiger partial charge on any atom is -0.357 e. The molecule has 0 atom stereocenters. The molecule has 1 fully saturated rings. The molecule has 0 saturated carbocycles. The number of aliphatic imine (C=N–C) groups is 1. The molecule has 1 aliphatic heterocycles. The maximum Gasteiger partial charge on any atom is 0.228 e. The molecule has 25 heavy (non-hydrogen) atoms. The van der Waals surface area contributed by atoms with Crippen molar-refractivity contribution in [3.8, 4) is 0 Å². The van der Waals surface area contributed by atoms with E-state index < -0.39 is 0 Å². The Bertz CT molecular complexity index is 525. The second-order valence-electron chi connectivity index (χ2n) is 6.97. The van der Waals surface area contributed by atoms with Crippen LogP contribution in [0.3, 0.4) is 0 Å². The lowest BCUT2D eigenvalue weighted by Gasteiger charge is -2.40. The van der Waals surface area contributed by atoms with Crippen molar-refractivity contribution in [3.05, 3.63) is 11.7 Å². The van der Waals surface area contributed by atoms with Gasteiger partial charge < -0.3 is 15.2 Å². The molecule has 1 aliphatic rings. The van der Waals surface area contributed by atoms with E-state index in [1.54, 1.807) is 0 Å². The van der Waals surface area contributed by atoms with Gasteiger partial charge in [0.25, 0.3) is 0 Å². The number of piperidine rings is 1. The van der Waals surface area contributed by atoms with Crippen LogP contribution in [0, 0.1) is 6.92 Å². The predicted molar refractivity (Wildman–Crippen MR) is 112 cm³/mol. The molecule has 8 heteroatoms. The number of nitrogens with one attached hydrogen (secondary N) is 2. The quantitative estimate of drug-likeness (QED) is 0.367. The number of likely N-dealkylation sites (tertiary alicyclic amines) is 1. The van der Waals surface area contributed by atoms with Crippen molar-refractivity contribution in [3.63, 3.8) is 0 Å². The molecular weight excluding hydrogens is 431 g/mol. The van der Waals surface area contributed by atoms with Gasteiger partial charge in [0, 0.05) is 25.0 Å². The van der Waals surface area contributed by atoms with Crippen molar-refractivity contribution < 1.29 is 4.52 Å². The number of aryl methyl sites for hydroxylation is 1. The zero-order chi connectivity index (χ0) is 17.4. The third-order valence-electron chi connectivity index (χ3n) is 4.38. The van der Waals surface area contributed by atoms with Crippen LogP contribution >= 0.6 is 24.0 Å². The van der Waals surface area contributed by atoms with Crippen molar-refractivity contribution in [1.29, 1.82) is 0 Å². The van der Waals surface area contributed by atoms with Gasteiger partial charge in [0.1, 0.15) is 0 Å². The molecule has 1 saturated heterocycles. The van der Waals surface area contributed by atoms with E-state index in [4.69, 9.17) is 9.52 Å². The van der Waals surface area contributed by atoms with E-state index >= 15 is 0 Å². The fourth-order valence-electron chi connectivity index (χ4n) is 2.94. The molecule has 1 aromatic heterocycles. The fraction of sp³-hybridized carbons (Fsp3) is 0.824. The maximum atomic E-state index is 5.13. The first-order chi connectivity index (χ1) is 11.5. The summed E-state index contributed by atoms with van der Waals surface area (Å²) >= 11 is 0. The lowest BCUT2D eigenvalue weighted by atomic mass is 9.99. The first-order valence-electron chi connectivity index (χ1n) is 9.07. The molecule has 2 heterocycles. The van der Waals surface area contributed by atoms with Crippen molar-refractivity contribution in [2.24, 2.45) is 4.99 Å². The summed E-state index contributed by atoms with van der Waals surface area (Å²) in [5.74, 6) is 2.18. The summed E-state index contributed by atoms with van der Waals surface area (Å²) in [4.78, 5) is 11.6. The SMILES string of the molecule is CCNC(=NCC(C)(C)N1CCCCC1)NCCc1nc(C)no1.I. The normalized spacial score (nSPS) is 16.4. The van der Waals surface area contributed by atoms with Gasteiger partial charge >= 0.3 is 0 Å². The third-order valence-corrected chi connectivity index (χ3v) is 4.38. The molecule has 0 bridgehead atoms. The largest absolute Gasteiger partial charge is 0.357 e. The topological polar surface area (TPSA) is 78.6 Å². The van der Waals surface area contributed by atoms with Crippen LogP contribution in [-0.2, 0) is 6.42 Å². The molecule has 0 spiro atoms. The number of aromatic nitrogens is 2. The van der Waals surface area contributed by atoms with Gasteiger partial charge in [-0.1, -0.05) is 11.6 Å². The van der Waals surface area contributed by atoms with E-state index in [1.807, 2.05) is 6.92 Å². The summed E-state index contributed by atoms with van der Waals surface area (Å²) in [5, 5.41) is 10.5. The fourth-order valence-corrected chi connectivity index (χ4v) is 2.94. The second kappa shape index (κ2) is 10.9. The highest BCUT2D eigenvalue weighted by atomic mass is 127. The summed E-state index contributed by atoms with van der Waals surface area (Å²) in [6.45, 7) is 13.2. The van der Waals surface area contributed by atoms with Gasteiger partial charge in [0.2, 0.25) is 5.89 Å². The van der Waals surface area contributed by atoms with Crippen LogP contribution in [0.15, 0.2) is 9.52 Å². The van der Waals surface area contributed by atoms with E-state index in [0.29, 0.717) is 18.1 Å². The molecule has 0 aliphatic carbocycles. The zero-order valence-corrected chi connectivity index (χ0v) is 18.3. The van der Waals surface area contributed by atoms with Crippen molar-refractivity contribution in [2.75, 3.05) is 32.7 Å². The van der Waals surface area contributed by atoms with E-state index in [-0.39, 0.29) is 29.5 Å². The molecule has 0 radical (unpaired) electrons. The van der Waals surface area contributed by atoms with Gasteiger partial charge in [-0.15, -0.1) is 24.0 Å². The second-order valence-corrected chi connectivity index (χ2v) is 6.97. The molecule has 0 unspecified atom stereocenters. The van der Waals surface area contributed by atoms with E-state index in [0.717, 1.165) is 25.6 Å². The Balaban J connectivity index is 0.00000312. The van der Waals surface area contributed by atoms with Crippen molar-refractivity contribution in [1.82, 2.24) is 25.7 Å². The lowest BCUT2D eigenvalue weighted by Crippen LogP contribution is -2.49. The Kier molecular flexibility index (Phi) is 9.70. The first-order valence-corrected chi connectivity index (χ1v) is 9.07. The molecule has 144 valence electrons. The number of halogens is 1. The maximum absolute atomic E-state index is 5.13. The van der Waals surface area contributed by atoms with Gasteiger partial charge in [-0.3, -0.25) is 9.89 Å². The number of hydrogen-bond acceptors (Lipinski definition) is 5. The highest BCUT2D eigenvalue weighted by Gasteiger charge is 2.27. The summed E-state index contributed by atoms with van der Waals surface area (Å²) in [6, 6.07) is 0. The van der Waals surface area contributed by atoms with Crippen molar-refractivity contribution >= 4 is 29.9 Å². The van der Waals surface area contributed by atoms with Crippen LogP contribution < -0.4 is 10.6 Å². The summed E-state index contributed by atoms with van der Waals surface area (Å²) in [6.07, 6.45) is 4.65. The average Bonchev–Trinajstić information content (AvgIpc) is 2.99. The third kappa shape index (κ3) is 7.47. The van der Waals surface area contributed by atoms with E-state index in [1.165, 1.54) is 32.4 Å². The molecule has 2 rings (SSSR count). The highest BCUT2D eigenvalue weighted by molar-refractivity contribution is 14.0. The summed E-state index contributed by atoms with van der Waals surface area (Å²) in [7, 11) is 0. The van der Waals surface area contributed by atoms with Crippen molar-refractivity contribution in [2.45, 2.75) is 58.9 Å². The van der Waals surface area contributed by atoms with Gasteiger partial charge in [-0.2, -0.15) is 4.98 Å². The Labute approximate surface area is 168 Å². The van der Waals surface area contributed by atoms with Gasteiger partial charge in [0.15, 0.2) is 11.8 Å². The summed E-state index contributed by atoms with van der Waals surface area (Å²) in [5.41, 5.74) is 0.0897. The minimum atomic E-state index is 0. The minimum absolute atomic E-state index is 0. The van der Waals surface area contributed by atoms with E-state index in [9.17, 15) is 0 Å². The number of rotatable bonds is 7. The Morgan fingerprint density at radius 2 is 1.96 bits per heavy atom. The number of nitrogens with zero attached hydrogens (tertiary/aromatic N) is 4. The standard InChI is InChI=1S/C17H32N6O.HI/c1-5-18-16(19-10-9-15-21-14(2)22-24-15)20-13-17(3,4)23-11-7-6-8-12-23;/h5-13H2,1-4H3,(H2,18,19,20);1H. The summed E-state index contributed by atoms with van der Waals surface area (Å²) < 4.78 is 5.13. The monoisotopic (exact) mass is 464 g/mol. The molecule has 2 N–H and O–H groups in total. The molecule has 0 amide bonds. The highest BCUT2D eigenvalue weighted by Crippen LogP contribution is 2.20. The first kappa shape index (κ1) is 22.1. The number of guanidine groups is 1. The van der Waals surface area contributed by atoms with Gasteiger partial charge in [0.05, 0.1) is 6.54 Å². The Morgan fingerprint density at radius 3 is 2.56 bits per heavy atom. The molecule has 0 aromatic carbocycles. The average molecular weight is 464 g/mol.